The van der Waals surface area contributed by atoms with Crippen molar-refractivity contribution in [3.8, 4) is 0 Å². The van der Waals surface area contributed by atoms with E-state index in [1.807, 2.05) is 31.2 Å². The first-order valence-corrected chi connectivity index (χ1v) is 8.46. The molecule has 6 heteroatoms. The number of halogens is 6. The minimum absolute atomic E-state index is 0.481. The van der Waals surface area contributed by atoms with Crippen LogP contribution in [0.15, 0.2) is 72.8 Å². The van der Waals surface area contributed by atoms with Crippen molar-refractivity contribution in [3.05, 3.63) is 106 Å². The van der Waals surface area contributed by atoms with Crippen molar-refractivity contribution in [2.75, 3.05) is 0 Å². The van der Waals surface area contributed by atoms with Crippen molar-refractivity contribution < 1.29 is 26.3 Å². The van der Waals surface area contributed by atoms with Crippen molar-refractivity contribution in [2.24, 2.45) is 0 Å². The third-order valence-electron chi connectivity index (χ3n) is 4.55. The Morgan fingerprint density at radius 1 is 0.500 bits per heavy atom. The summed E-state index contributed by atoms with van der Waals surface area (Å²) in [6.45, 7) is 1.90. The molecule has 3 rings (SSSR count). The van der Waals surface area contributed by atoms with Crippen molar-refractivity contribution in [3.63, 3.8) is 0 Å². The molecule has 0 fully saturated rings. The van der Waals surface area contributed by atoms with Gasteiger partial charge in [-0.15, -0.1) is 0 Å². The van der Waals surface area contributed by atoms with Crippen LogP contribution in [0, 0.1) is 6.92 Å². The minimum atomic E-state index is -4.45. The van der Waals surface area contributed by atoms with E-state index in [1.165, 1.54) is 24.3 Å². The van der Waals surface area contributed by atoms with E-state index >= 15 is 0 Å². The van der Waals surface area contributed by atoms with Crippen molar-refractivity contribution in [1.82, 2.24) is 0 Å². The number of hydrogen-bond acceptors (Lipinski definition) is 0. The highest BCUT2D eigenvalue weighted by Crippen LogP contribution is 2.36. The van der Waals surface area contributed by atoms with Gasteiger partial charge in [-0.1, -0.05) is 54.1 Å². The molecular weight excluding hydrogens is 378 g/mol. The highest BCUT2D eigenvalue weighted by molar-refractivity contribution is 5.45. The quantitative estimate of drug-likeness (QED) is 0.325. The summed E-state index contributed by atoms with van der Waals surface area (Å²) in [6, 6.07) is 16.8. The average molecular weight is 394 g/mol. The van der Waals surface area contributed by atoms with E-state index in [-0.39, 0.29) is 0 Å². The molecular formula is C22H16F6. The van der Waals surface area contributed by atoms with Crippen LogP contribution in [0.1, 0.15) is 39.3 Å². The predicted molar refractivity (Wildman–Crippen MR) is 95.0 cm³/mol. The highest BCUT2D eigenvalue weighted by Gasteiger charge is 2.32. The van der Waals surface area contributed by atoms with Gasteiger partial charge in [0, 0.05) is 5.92 Å². The first-order chi connectivity index (χ1) is 13.1. The zero-order valence-corrected chi connectivity index (χ0v) is 14.8. The predicted octanol–water partition coefficient (Wildman–Crippen LogP) is 7.21. The largest absolute Gasteiger partial charge is 0.416 e. The maximum atomic E-state index is 12.9. The fourth-order valence-electron chi connectivity index (χ4n) is 3.07. The molecule has 0 heterocycles. The Hall–Kier alpha value is -2.76. The molecule has 3 aromatic rings. The molecule has 0 aliphatic rings. The van der Waals surface area contributed by atoms with Gasteiger partial charge >= 0.3 is 12.4 Å². The van der Waals surface area contributed by atoms with Gasteiger partial charge in [0.05, 0.1) is 11.1 Å². The van der Waals surface area contributed by atoms with E-state index < -0.39 is 29.4 Å². The molecule has 0 unspecified atom stereocenters. The molecule has 0 aliphatic carbocycles. The van der Waals surface area contributed by atoms with Crippen LogP contribution in [0.4, 0.5) is 26.3 Å². The summed E-state index contributed by atoms with van der Waals surface area (Å²) in [5, 5.41) is 0. The second kappa shape index (κ2) is 7.34. The van der Waals surface area contributed by atoms with E-state index in [2.05, 4.69) is 0 Å². The zero-order chi connectivity index (χ0) is 20.5. The van der Waals surface area contributed by atoms with Crippen LogP contribution in [-0.2, 0) is 12.4 Å². The molecule has 0 amide bonds. The molecule has 0 aromatic heterocycles. The minimum Gasteiger partial charge on any atom is -0.166 e. The van der Waals surface area contributed by atoms with E-state index in [1.54, 1.807) is 0 Å². The maximum absolute atomic E-state index is 12.9. The highest BCUT2D eigenvalue weighted by atomic mass is 19.4. The van der Waals surface area contributed by atoms with Gasteiger partial charge in [-0.3, -0.25) is 0 Å². The monoisotopic (exact) mass is 394 g/mol. The van der Waals surface area contributed by atoms with E-state index in [0.29, 0.717) is 11.1 Å². The van der Waals surface area contributed by atoms with Gasteiger partial charge in [-0.05, 0) is 47.9 Å². The average Bonchev–Trinajstić information content (AvgIpc) is 2.63. The third kappa shape index (κ3) is 4.38. The second-order valence-electron chi connectivity index (χ2n) is 6.58. The van der Waals surface area contributed by atoms with Crippen LogP contribution in [0.2, 0.25) is 0 Å². The van der Waals surface area contributed by atoms with Gasteiger partial charge in [0.2, 0.25) is 0 Å². The third-order valence-corrected chi connectivity index (χ3v) is 4.55. The number of rotatable bonds is 3. The van der Waals surface area contributed by atoms with Crippen LogP contribution in [0.5, 0.6) is 0 Å². The zero-order valence-electron chi connectivity index (χ0n) is 14.8. The molecule has 0 spiro atoms. The number of aryl methyl sites for hydroxylation is 1. The van der Waals surface area contributed by atoms with Crippen LogP contribution in [-0.4, -0.2) is 0 Å². The van der Waals surface area contributed by atoms with Crippen LogP contribution in [0.25, 0.3) is 0 Å². The maximum Gasteiger partial charge on any atom is 0.416 e. The summed E-state index contributed by atoms with van der Waals surface area (Å²) in [5.41, 5.74) is 1.37. The van der Waals surface area contributed by atoms with Crippen LogP contribution >= 0.6 is 0 Å². The van der Waals surface area contributed by atoms with Gasteiger partial charge in [0.1, 0.15) is 0 Å². The summed E-state index contributed by atoms with van der Waals surface area (Å²) in [5.74, 6) is -0.481. The Balaban J connectivity index is 2.06. The molecule has 0 atom stereocenters. The Morgan fingerprint density at radius 3 is 1.07 bits per heavy atom. The molecule has 0 aliphatic heterocycles. The lowest BCUT2D eigenvalue weighted by Gasteiger charge is -2.20. The van der Waals surface area contributed by atoms with Crippen LogP contribution < -0.4 is 0 Å². The first kappa shape index (κ1) is 20.0. The molecule has 0 N–H and O–H groups in total. The first-order valence-electron chi connectivity index (χ1n) is 8.46. The summed E-state index contributed by atoms with van der Waals surface area (Å²) in [7, 11) is 0. The van der Waals surface area contributed by atoms with Gasteiger partial charge in [0.25, 0.3) is 0 Å². The molecule has 28 heavy (non-hydrogen) atoms. The van der Waals surface area contributed by atoms with Gasteiger partial charge in [-0.2, -0.15) is 26.3 Å². The molecule has 0 radical (unpaired) electrons. The van der Waals surface area contributed by atoms with Gasteiger partial charge < -0.3 is 0 Å². The molecule has 0 saturated heterocycles. The molecule has 0 bridgehead atoms. The van der Waals surface area contributed by atoms with Crippen LogP contribution in [0.3, 0.4) is 0 Å². The molecule has 0 saturated carbocycles. The SMILES string of the molecule is Cc1ccc(C(c2ccc(C(F)(F)F)cc2)c2ccc(C(F)(F)F)cc2)cc1. The summed E-state index contributed by atoms with van der Waals surface area (Å²) >= 11 is 0. The molecule has 146 valence electrons. The fourth-order valence-corrected chi connectivity index (χ4v) is 3.07. The summed E-state index contributed by atoms with van der Waals surface area (Å²) in [6.07, 6.45) is -8.90. The molecule has 0 nitrogen and oxygen atoms in total. The number of alkyl halides is 6. The second-order valence-corrected chi connectivity index (χ2v) is 6.58. The van der Waals surface area contributed by atoms with E-state index in [4.69, 9.17) is 0 Å². The Kier molecular flexibility index (Phi) is 5.24. The van der Waals surface area contributed by atoms with Gasteiger partial charge in [0.15, 0.2) is 0 Å². The molecule has 3 aromatic carbocycles. The fraction of sp³-hybridized carbons (Fsp3) is 0.182. The summed E-state index contributed by atoms with van der Waals surface area (Å²) < 4.78 is 77.2. The topological polar surface area (TPSA) is 0 Å². The Morgan fingerprint density at radius 2 is 0.786 bits per heavy atom. The van der Waals surface area contributed by atoms with Crippen molar-refractivity contribution in [1.29, 1.82) is 0 Å². The summed E-state index contributed by atoms with van der Waals surface area (Å²) in [4.78, 5) is 0. The number of benzene rings is 3. The lowest BCUT2D eigenvalue weighted by atomic mass is 9.84. The Labute approximate surface area is 158 Å². The van der Waals surface area contributed by atoms with Gasteiger partial charge in [-0.25, -0.2) is 0 Å². The normalized spacial score (nSPS) is 12.4. The lowest BCUT2D eigenvalue weighted by molar-refractivity contribution is -0.138. The smallest absolute Gasteiger partial charge is 0.166 e. The van der Waals surface area contributed by atoms with E-state index in [0.717, 1.165) is 35.4 Å². The lowest BCUT2D eigenvalue weighted by Crippen LogP contribution is -2.08. The number of hydrogen-bond donors (Lipinski definition) is 0. The van der Waals surface area contributed by atoms with Crippen molar-refractivity contribution >= 4 is 0 Å². The Bertz CT molecular complexity index is 860. The van der Waals surface area contributed by atoms with E-state index in [9.17, 15) is 26.3 Å². The van der Waals surface area contributed by atoms with Crippen molar-refractivity contribution in [2.45, 2.75) is 25.2 Å². The standard InChI is InChI=1S/C22H16F6/c1-14-2-4-15(5-3-14)20(16-6-10-18(11-7-16)21(23,24)25)17-8-12-19(13-9-17)22(26,27)28/h2-13,20H,1H3.